The van der Waals surface area contributed by atoms with Crippen molar-refractivity contribution in [1.29, 1.82) is 0 Å². The van der Waals surface area contributed by atoms with E-state index in [1.807, 2.05) is 31.7 Å². The summed E-state index contributed by atoms with van der Waals surface area (Å²) in [6.45, 7) is 7.37. The molecule has 0 radical (unpaired) electrons. The fourth-order valence-electron chi connectivity index (χ4n) is 3.18. The zero-order valence-corrected chi connectivity index (χ0v) is 14.3. The summed E-state index contributed by atoms with van der Waals surface area (Å²) in [5, 5.41) is 0. The molecule has 2 aliphatic heterocycles. The third-order valence-electron chi connectivity index (χ3n) is 4.01. The molecule has 2 fully saturated rings. The molecule has 0 aliphatic carbocycles. The standard InChI is InChI=1S/C16H21BrN2O2/c1-16(2,3)21-15(20)19-10-13-8-14(19)9-18(13)12-6-4-5-11(17)7-12/h4-7,13-14H,8-10H2,1-3H3/t13-,14-/m0/s1. The zero-order valence-electron chi connectivity index (χ0n) is 12.7. The Morgan fingerprint density at radius 2 is 2.05 bits per heavy atom. The van der Waals surface area contributed by atoms with Crippen LogP contribution in [0.2, 0.25) is 0 Å². The smallest absolute Gasteiger partial charge is 0.410 e. The predicted octanol–water partition coefficient (Wildman–Crippen LogP) is 3.65. The highest BCUT2D eigenvalue weighted by Gasteiger charge is 2.46. The summed E-state index contributed by atoms with van der Waals surface area (Å²) in [5.74, 6) is 0. The van der Waals surface area contributed by atoms with Crippen LogP contribution in [0.4, 0.5) is 10.5 Å². The Labute approximate surface area is 134 Å². The zero-order chi connectivity index (χ0) is 15.2. The minimum absolute atomic E-state index is 0.177. The van der Waals surface area contributed by atoms with Gasteiger partial charge in [0, 0.05) is 29.3 Å². The van der Waals surface area contributed by atoms with E-state index in [4.69, 9.17) is 4.74 Å². The first kappa shape index (κ1) is 14.7. The van der Waals surface area contributed by atoms with Crippen molar-refractivity contribution < 1.29 is 9.53 Å². The van der Waals surface area contributed by atoms with Crippen LogP contribution in [0, 0.1) is 0 Å². The number of likely N-dealkylation sites (tertiary alicyclic amines) is 1. The molecule has 2 atom stereocenters. The minimum atomic E-state index is -0.428. The largest absolute Gasteiger partial charge is 0.444 e. The van der Waals surface area contributed by atoms with Crippen molar-refractivity contribution in [3.8, 4) is 0 Å². The molecule has 0 spiro atoms. The van der Waals surface area contributed by atoms with Gasteiger partial charge in [-0.25, -0.2) is 4.79 Å². The van der Waals surface area contributed by atoms with Crippen LogP contribution in [0.5, 0.6) is 0 Å². The van der Waals surface area contributed by atoms with Gasteiger partial charge in [-0.3, -0.25) is 0 Å². The number of piperazine rings is 1. The van der Waals surface area contributed by atoms with Gasteiger partial charge in [-0.05, 0) is 45.4 Å². The molecule has 0 unspecified atom stereocenters. The molecule has 3 rings (SSSR count). The lowest BCUT2D eigenvalue weighted by Crippen LogP contribution is -2.50. The van der Waals surface area contributed by atoms with E-state index in [0.717, 1.165) is 24.0 Å². The van der Waals surface area contributed by atoms with Gasteiger partial charge < -0.3 is 14.5 Å². The first-order valence-electron chi connectivity index (χ1n) is 7.35. The summed E-state index contributed by atoms with van der Waals surface area (Å²) < 4.78 is 6.58. The Morgan fingerprint density at radius 3 is 2.62 bits per heavy atom. The Balaban J connectivity index is 1.68. The highest BCUT2D eigenvalue weighted by molar-refractivity contribution is 9.10. The van der Waals surface area contributed by atoms with Gasteiger partial charge in [0.1, 0.15) is 5.60 Å². The summed E-state index contributed by atoms with van der Waals surface area (Å²) >= 11 is 3.52. The van der Waals surface area contributed by atoms with E-state index in [9.17, 15) is 4.79 Å². The van der Waals surface area contributed by atoms with Crippen molar-refractivity contribution in [2.75, 3.05) is 18.0 Å². The minimum Gasteiger partial charge on any atom is -0.444 e. The molecule has 2 aliphatic rings. The average Bonchev–Trinajstić information content (AvgIpc) is 2.96. The van der Waals surface area contributed by atoms with Crippen molar-refractivity contribution in [3.63, 3.8) is 0 Å². The third-order valence-corrected chi connectivity index (χ3v) is 4.50. The van der Waals surface area contributed by atoms with Crippen molar-refractivity contribution in [2.24, 2.45) is 0 Å². The number of fused-ring (bicyclic) bond motifs is 2. The molecule has 0 saturated carbocycles. The Morgan fingerprint density at radius 1 is 1.29 bits per heavy atom. The summed E-state index contributed by atoms with van der Waals surface area (Å²) in [6, 6.07) is 9.02. The second-order valence-electron chi connectivity index (χ2n) is 6.81. The van der Waals surface area contributed by atoms with Crippen LogP contribution in [0.3, 0.4) is 0 Å². The van der Waals surface area contributed by atoms with E-state index < -0.39 is 5.60 Å². The van der Waals surface area contributed by atoms with Gasteiger partial charge in [-0.1, -0.05) is 22.0 Å². The highest BCUT2D eigenvalue weighted by atomic mass is 79.9. The molecular formula is C16H21BrN2O2. The molecule has 1 amide bonds. The number of rotatable bonds is 1. The Bertz CT molecular complexity index is 555. The SMILES string of the molecule is CC(C)(C)OC(=O)N1C[C@@H]2C[C@H]1CN2c1cccc(Br)c1. The van der Waals surface area contributed by atoms with Crippen LogP contribution in [-0.2, 0) is 4.74 Å². The fraction of sp³-hybridized carbons (Fsp3) is 0.562. The Kier molecular flexibility index (Phi) is 3.64. The van der Waals surface area contributed by atoms with Crippen molar-refractivity contribution in [1.82, 2.24) is 4.90 Å². The number of amides is 1. The first-order chi connectivity index (χ1) is 9.83. The molecular weight excluding hydrogens is 332 g/mol. The van der Waals surface area contributed by atoms with E-state index in [2.05, 4.69) is 39.0 Å². The summed E-state index contributed by atoms with van der Waals surface area (Å²) in [5.41, 5.74) is 0.795. The van der Waals surface area contributed by atoms with Crippen LogP contribution in [0.15, 0.2) is 28.7 Å². The van der Waals surface area contributed by atoms with Crippen molar-refractivity contribution in [3.05, 3.63) is 28.7 Å². The molecule has 21 heavy (non-hydrogen) atoms. The van der Waals surface area contributed by atoms with Gasteiger partial charge in [-0.2, -0.15) is 0 Å². The number of carbonyl (C=O) groups excluding carboxylic acids is 1. The fourth-order valence-corrected chi connectivity index (χ4v) is 3.57. The lowest BCUT2D eigenvalue weighted by Gasteiger charge is -2.36. The third kappa shape index (κ3) is 3.03. The van der Waals surface area contributed by atoms with E-state index in [0.29, 0.717) is 6.04 Å². The Hall–Kier alpha value is -1.23. The molecule has 2 heterocycles. The van der Waals surface area contributed by atoms with Gasteiger partial charge in [0.15, 0.2) is 0 Å². The van der Waals surface area contributed by atoms with Gasteiger partial charge >= 0.3 is 6.09 Å². The topological polar surface area (TPSA) is 32.8 Å². The molecule has 1 aromatic rings. The number of nitrogens with zero attached hydrogens (tertiary/aromatic N) is 2. The molecule has 1 aromatic carbocycles. The van der Waals surface area contributed by atoms with E-state index in [1.165, 1.54) is 5.69 Å². The van der Waals surface area contributed by atoms with Gasteiger partial charge in [0.25, 0.3) is 0 Å². The summed E-state index contributed by atoms with van der Waals surface area (Å²) in [6.07, 6.45) is 0.857. The van der Waals surface area contributed by atoms with Gasteiger partial charge in [-0.15, -0.1) is 0 Å². The summed E-state index contributed by atoms with van der Waals surface area (Å²) in [7, 11) is 0. The van der Waals surface area contributed by atoms with Crippen molar-refractivity contribution >= 4 is 27.7 Å². The highest BCUT2D eigenvalue weighted by Crippen LogP contribution is 2.36. The van der Waals surface area contributed by atoms with E-state index >= 15 is 0 Å². The molecule has 114 valence electrons. The van der Waals surface area contributed by atoms with Crippen LogP contribution in [0.25, 0.3) is 0 Å². The quantitative estimate of drug-likeness (QED) is 0.773. The maximum atomic E-state index is 12.2. The lowest BCUT2D eigenvalue weighted by molar-refractivity contribution is 0.0215. The van der Waals surface area contributed by atoms with Gasteiger partial charge in [0.2, 0.25) is 0 Å². The number of benzene rings is 1. The molecule has 5 heteroatoms. The average molecular weight is 353 g/mol. The number of ether oxygens (including phenoxy) is 1. The van der Waals surface area contributed by atoms with E-state index in [1.54, 1.807) is 0 Å². The van der Waals surface area contributed by atoms with E-state index in [-0.39, 0.29) is 12.1 Å². The van der Waals surface area contributed by atoms with Gasteiger partial charge in [0.05, 0.1) is 6.04 Å². The number of halogens is 1. The monoisotopic (exact) mass is 352 g/mol. The maximum absolute atomic E-state index is 12.2. The van der Waals surface area contributed by atoms with Crippen molar-refractivity contribution in [2.45, 2.75) is 44.9 Å². The number of carbonyl (C=O) groups is 1. The predicted molar refractivity (Wildman–Crippen MR) is 86.6 cm³/mol. The molecule has 0 aromatic heterocycles. The second-order valence-corrected chi connectivity index (χ2v) is 7.72. The lowest BCUT2D eigenvalue weighted by atomic mass is 10.2. The second kappa shape index (κ2) is 5.20. The summed E-state index contributed by atoms with van der Waals surface area (Å²) in [4.78, 5) is 16.5. The number of anilines is 1. The van der Waals surface area contributed by atoms with Crippen LogP contribution < -0.4 is 4.90 Å². The molecule has 4 nitrogen and oxygen atoms in total. The van der Waals surface area contributed by atoms with Crippen LogP contribution in [-0.4, -0.2) is 41.8 Å². The normalized spacial score (nSPS) is 24.6. The van der Waals surface area contributed by atoms with Crippen LogP contribution in [0.1, 0.15) is 27.2 Å². The van der Waals surface area contributed by atoms with Crippen LogP contribution >= 0.6 is 15.9 Å². The number of hydrogen-bond donors (Lipinski definition) is 0. The molecule has 0 N–H and O–H groups in total. The molecule has 2 bridgehead atoms. The maximum Gasteiger partial charge on any atom is 0.410 e. The first-order valence-corrected chi connectivity index (χ1v) is 8.14. The number of hydrogen-bond acceptors (Lipinski definition) is 3. The molecule has 2 saturated heterocycles.